The van der Waals surface area contributed by atoms with Crippen molar-refractivity contribution in [3.8, 4) is 10.4 Å². The monoisotopic (exact) mass is 538 g/mol. The van der Waals surface area contributed by atoms with Gasteiger partial charge in [-0.05, 0) is 60.2 Å². The van der Waals surface area contributed by atoms with E-state index in [0.717, 1.165) is 10.4 Å². The maximum atomic E-state index is 13.2. The van der Waals surface area contributed by atoms with Crippen molar-refractivity contribution in [3.63, 3.8) is 0 Å². The highest BCUT2D eigenvalue weighted by Crippen LogP contribution is 2.31. The van der Waals surface area contributed by atoms with Gasteiger partial charge >= 0.3 is 0 Å². The summed E-state index contributed by atoms with van der Waals surface area (Å²) < 4.78 is 1.74. The lowest BCUT2D eigenvalue weighted by molar-refractivity contribution is -0.118. The van der Waals surface area contributed by atoms with Crippen molar-refractivity contribution in [2.45, 2.75) is 13.0 Å². The van der Waals surface area contributed by atoms with Gasteiger partial charge in [0.25, 0.3) is 11.8 Å². The van der Waals surface area contributed by atoms with Crippen LogP contribution < -0.4 is 21.7 Å². The van der Waals surface area contributed by atoms with Gasteiger partial charge in [0.15, 0.2) is 0 Å². The Morgan fingerprint density at radius 1 is 0.974 bits per heavy atom. The number of nitrogens with zero attached hydrogens (tertiary/aromatic N) is 3. The summed E-state index contributed by atoms with van der Waals surface area (Å²) in [4.78, 5) is 45.3. The van der Waals surface area contributed by atoms with Crippen LogP contribution >= 0.6 is 11.3 Å². The molecule has 0 bridgehead atoms. The van der Waals surface area contributed by atoms with Crippen LogP contribution in [0.1, 0.15) is 26.5 Å². The van der Waals surface area contributed by atoms with Gasteiger partial charge in [0.1, 0.15) is 0 Å². The molecule has 196 valence electrons. The average Bonchev–Trinajstić information content (AvgIpc) is 3.56. The molecule has 0 aliphatic carbocycles. The van der Waals surface area contributed by atoms with Crippen molar-refractivity contribution >= 4 is 57.4 Å². The summed E-state index contributed by atoms with van der Waals surface area (Å²) in [5, 5.41) is 2.88. The molecule has 2 aromatic heterocycles. The van der Waals surface area contributed by atoms with E-state index >= 15 is 0 Å². The van der Waals surface area contributed by atoms with Crippen LogP contribution in [-0.4, -0.2) is 34.3 Å². The molecule has 0 saturated heterocycles. The van der Waals surface area contributed by atoms with Gasteiger partial charge in [0, 0.05) is 41.8 Å². The molecule has 0 atom stereocenters. The molecule has 0 aliphatic rings. The number of amides is 3. The summed E-state index contributed by atoms with van der Waals surface area (Å²) in [6, 6.07) is 25.5. The molecule has 0 spiro atoms. The predicted molar refractivity (Wildman–Crippen MR) is 155 cm³/mol. The summed E-state index contributed by atoms with van der Waals surface area (Å²) >= 11 is 1.34. The molecule has 0 aliphatic heterocycles. The normalized spacial score (nSPS) is 10.9. The third-order valence-electron chi connectivity index (χ3n) is 6.25. The minimum atomic E-state index is -0.469. The highest BCUT2D eigenvalue weighted by atomic mass is 32.1. The van der Waals surface area contributed by atoms with Gasteiger partial charge in [-0.3, -0.25) is 19.7 Å². The summed E-state index contributed by atoms with van der Waals surface area (Å²) in [7, 11) is 1.69. The number of benzene rings is 3. The first-order valence-electron chi connectivity index (χ1n) is 12.2. The minimum Gasteiger partial charge on any atom is -0.399 e. The molecule has 0 radical (unpaired) electrons. The average molecular weight is 539 g/mol. The van der Waals surface area contributed by atoms with Gasteiger partial charge in [0.2, 0.25) is 11.9 Å². The van der Waals surface area contributed by atoms with E-state index in [1.54, 1.807) is 46.8 Å². The molecular weight excluding hydrogens is 512 g/mol. The molecule has 5 rings (SSSR count). The van der Waals surface area contributed by atoms with E-state index in [-0.39, 0.29) is 30.7 Å². The molecule has 5 aromatic rings. The second-order valence-electron chi connectivity index (χ2n) is 8.95. The third kappa shape index (κ3) is 5.51. The van der Waals surface area contributed by atoms with E-state index in [9.17, 15) is 14.4 Å². The molecule has 3 amide bonds. The first-order chi connectivity index (χ1) is 18.8. The van der Waals surface area contributed by atoms with Crippen LogP contribution in [-0.2, 0) is 11.3 Å². The lowest BCUT2D eigenvalue weighted by Crippen LogP contribution is -2.26. The van der Waals surface area contributed by atoms with E-state index in [1.807, 2.05) is 54.6 Å². The zero-order valence-corrected chi connectivity index (χ0v) is 21.9. The maximum Gasteiger partial charge on any atom is 0.268 e. The Balaban J connectivity index is 1.44. The van der Waals surface area contributed by atoms with Crippen molar-refractivity contribution in [1.82, 2.24) is 9.55 Å². The number of nitrogens with two attached hydrogens (primary N) is 2. The standard InChI is InChI=1S/C29H26N6O3S/c1-34(28(38)18-6-3-2-4-7-18)21-10-11-23-22(17-21)32-29(35(23)15-14-26(31)36)33-27(37)25-13-12-24(39-25)19-8-5-9-20(30)16-19/h2-13,16-17H,14-15,30H2,1H3,(H2,31,36)(H,32,33,37). The molecule has 9 nitrogen and oxygen atoms in total. The summed E-state index contributed by atoms with van der Waals surface area (Å²) in [5.41, 5.74) is 15.3. The fourth-order valence-corrected chi connectivity index (χ4v) is 5.13. The molecule has 3 aromatic carbocycles. The summed E-state index contributed by atoms with van der Waals surface area (Å²) in [6.45, 7) is 0.235. The maximum absolute atomic E-state index is 13.2. The van der Waals surface area contributed by atoms with E-state index in [1.165, 1.54) is 11.3 Å². The first-order valence-corrected chi connectivity index (χ1v) is 13.0. The second kappa shape index (κ2) is 10.8. The number of carbonyl (C=O) groups is 3. The number of hydrogen-bond donors (Lipinski definition) is 3. The Bertz CT molecular complexity index is 1690. The highest BCUT2D eigenvalue weighted by Gasteiger charge is 2.19. The van der Waals surface area contributed by atoms with Gasteiger partial charge in [-0.15, -0.1) is 11.3 Å². The van der Waals surface area contributed by atoms with Crippen molar-refractivity contribution in [1.29, 1.82) is 0 Å². The van der Waals surface area contributed by atoms with E-state index in [2.05, 4.69) is 10.3 Å². The molecule has 0 saturated carbocycles. The van der Waals surface area contributed by atoms with Crippen LogP contribution in [0.3, 0.4) is 0 Å². The van der Waals surface area contributed by atoms with Gasteiger partial charge in [0.05, 0.1) is 15.9 Å². The number of primary amides is 1. The summed E-state index contributed by atoms with van der Waals surface area (Å²) in [6.07, 6.45) is 0.0705. The van der Waals surface area contributed by atoms with Crippen LogP contribution in [0.5, 0.6) is 0 Å². The first kappa shape index (κ1) is 25.7. The molecule has 39 heavy (non-hydrogen) atoms. The highest BCUT2D eigenvalue weighted by molar-refractivity contribution is 7.17. The number of imidazole rings is 1. The molecule has 5 N–H and O–H groups in total. The second-order valence-corrected chi connectivity index (χ2v) is 10.0. The van der Waals surface area contributed by atoms with E-state index in [4.69, 9.17) is 11.5 Å². The van der Waals surface area contributed by atoms with Crippen LogP contribution in [0.2, 0.25) is 0 Å². The Morgan fingerprint density at radius 3 is 2.51 bits per heavy atom. The number of fused-ring (bicyclic) bond motifs is 1. The number of hydrogen-bond acceptors (Lipinski definition) is 6. The Hall–Kier alpha value is -4.96. The molecule has 2 heterocycles. The van der Waals surface area contributed by atoms with Crippen LogP contribution in [0.25, 0.3) is 21.5 Å². The summed E-state index contributed by atoms with van der Waals surface area (Å²) in [5.74, 6) is -0.680. The molecule has 10 heteroatoms. The lowest BCUT2D eigenvalue weighted by Gasteiger charge is -2.17. The van der Waals surface area contributed by atoms with Gasteiger partial charge in [-0.1, -0.05) is 30.3 Å². The van der Waals surface area contributed by atoms with Gasteiger partial charge in [-0.25, -0.2) is 4.98 Å². The van der Waals surface area contributed by atoms with Crippen LogP contribution in [0.15, 0.2) is 84.9 Å². The Labute approximate surface area is 228 Å². The Kier molecular flexibility index (Phi) is 7.11. The zero-order valence-electron chi connectivity index (χ0n) is 21.1. The van der Waals surface area contributed by atoms with Crippen molar-refractivity contribution in [2.75, 3.05) is 23.0 Å². The largest absolute Gasteiger partial charge is 0.399 e. The molecular formula is C29H26N6O3S. The number of thiophene rings is 1. The number of aromatic nitrogens is 2. The zero-order chi connectivity index (χ0) is 27.5. The van der Waals surface area contributed by atoms with Crippen molar-refractivity contribution in [2.24, 2.45) is 5.73 Å². The topological polar surface area (TPSA) is 136 Å². The third-order valence-corrected chi connectivity index (χ3v) is 7.39. The fourth-order valence-electron chi connectivity index (χ4n) is 4.23. The molecule has 0 fully saturated rings. The number of carbonyl (C=O) groups excluding carboxylic acids is 3. The number of aryl methyl sites for hydroxylation is 1. The number of anilines is 3. The number of nitrogen functional groups attached to an aromatic ring is 1. The Morgan fingerprint density at radius 2 is 1.77 bits per heavy atom. The van der Waals surface area contributed by atoms with Gasteiger partial charge in [-0.2, -0.15) is 0 Å². The number of nitrogens with one attached hydrogen (secondary N) is 1. The fraction of sp³-hybridized carbons (Fsp3) is 0.103. The quantitative estimate of drug-likeness (QED) is 0.245. The van der Waals surface area contributed by atoms with Crippen molar-refractivity contribution < 1.29 is 14.4 Å². The number of rotatable bonds is 8. The van der Waals surface area contributed by atoms with E-state index < -0.39 is 5.91 Å². The minimum absolute atomic E-state index is 0.0705. The smallest absolute Gasteiger partial charge is 0.268 e. The molecule has 0 unspecified atom stereocenters. The van der Waals surface area contributed by atoms with Crippen LogP contribution in [0.4, 0.5) is 17.3 Å². The van der Waals surface area contributed by atoms with Crippen LogP contribution in [0, 0.1) is 0 Å². The van der Waals surface area contributed by atoms with Gasteiger partial charge < -0.3 is 20.9 Å². The lowest BCUT2D eigenvalue weighted by atomic mass is 10.2. The van der Waals surface area contributed by atoms with Crippen molar-refractivity contribution in [3.05, 3.63) is 95.4 Å². The van der Waals surface area contributed by atoms with E-state index in [0.29, 0.717) is 32.8 Å². The SMILES string of the molecule is CN(C(=O)c1ccccc1)c1ccc2c(c1)nc(NC(=O)c1ccc(-c3cccc(N)c3)s1)n2CCC(N)=O. The predicted octanol–water partition coefficient (Wildman–Crippen LogP) is 4.75.